The summed E-state index contributed by atoms with van der Waals surface area (Å²) in [5, 5.41) is 4.12. The molecule has 0 spiro atoms. The summed E-state index contributed by atoms with van der Waals surface area (Å²) in [4.78, 5) is 0. The quantitative estimate of drug-likeness (QED) is 0.508. The highest BCUT2D eigenvalue weighted by Crippen LogP contribution is 2.34. The van der Waals surface area contributed by atoms with Crippen LogP contribution in [0.5, 0.6) is 0 Å². The van der Waals surface area contributed by atoms with Gasteiger partial charge in [-0.05, 0) is 12.8 Å². The van der Waals surface area contributed by atoms with Crippen molar-refractivity contribution in [2.24, 2.45) is 5.73 Å². The van der Waals surface area contributed by atoms with E-state index in [0.717, 1.165) is 6.54 Å². The molecule has 41 valence electrons. The van der Waals surface area contributed by atoms with Gasteiger partial charge in [0.1, 0.15) is 0 Å². The van der Waals surface area contributed by atoms with Crippen molar-refractivity contribution in [2.45, 2.75) is 18.4 Å². The van der Waals surface area contributed by atoms with E-state index >= 15 is 0 Å². The standard InChI is InChI=1S/C5H11N2/c1-7-5(4-6)2-3-5/h2-4,6H2,1H3. The molecule has 0 heterocycles. The van der Waals surface area contributed by atoms with Gasteiger partial charge in [-0.2, -0.15) is 0 Å². The molecule has 7 heavy (non-hydrogen) atoms. The molecule has 2 heteroatoms. The summed E-state index contributed by atoms with van der Waals surface area (Å²) in [5.41, 5.74) is 5.62. The fourth-order valence-corrected chi connectivity index (χ4v) is 0.663. The average Bonchev–Trinajstić information content (AvgIpc) is 2.46. The van der Waals surface area contributed by atoms with Crippen molar-refractivity contribution in [1.82, 2.24) is 5.32 Å². The minimum absolute atomic E-state index is 0.236. The first-order valence-corrected chi connectivity index (χ1v) is 2.64. The number of likely N-dealkylation sites (N-methyl/N-ethyl adjacent to an activating group) is 1. The molecule has 1 rings (SSSR count). The molecule has 1 aliphatic rings. The highest BCUT2D eigenvalue weighted by Gasteiger charge is 2.40. The Hall–Kier alpha value is -0.0800. The van der Waals surface area contributed by atoms with Gasteiger partial charge in [0.15, 0.2) is 0 Å². The van der Waals surface area contributed by atoms with Gasteiger partial charge in [0.25, 0.3) is 0 Å². The molecule has 2 N–H and O–H groups in total. The fourth-order valence-electron chi connectivity index (χ4n) is 0.663. The maximum absolute atomic E-state index is 5.39. The molecule has 2 nitrogen and oxygen atoms in total. The molecule has 0 saturated heterocycles. The van der Waals surface area contributed by atoms with E-state index in [1.54, 1.807) is 0 Å². The first kappa shape index (κ1) is 5.06. The second-order valence-electron chi connectivity index (χ2n) is 2.15. The molecule has 0 bridgehead atoms. The lowest BCUT2D eigenvalue weighted by molar-refractivity contribution is 0.551. The van der Waals surface area contributed by atoms with E-state index in [0.29, 0.717) is 0 Å². The van der Waals surface area contributed by atoms with Crippen molar-refractivity contribution in [1.29, 1.82) is 0 Å². The molecule has 0 aromatic carbocycles. The van der Waals surface area contributed by atoms with E-state index in [1.165, 1.54) is 12.8 Å². The maximum atomic E-state index is 5.39. The zero-order valence-electron chi connectivity index (χ0n) is 4.65. The summed E-state index contributed by atoms with van der Waals surface area (Å²) >= 11 is 0. The van der Waals surface area contributed by atoms with Gasteiger partial charge in [0.2, 0.25) is 0 Å². The maximum Gasteiger partial charge on any atom is 0.0476 e. The Bertz CT molecular complexity index is 60.5. The molecular formula is C5H11N2. The van der Waals surface area contributed by atoms with Crippen LogP contribution in [0.4, 0.5) is 0 Å². The number of nitrogens with two attached hydrogens (primary N) is 1. The van der Waals surface area contributed by atoms with E-state index in [4.69, 9.17) is 5.73 Å². The molecule has 0 aliphatic heterocycles. The van der Waals surface area contributed by atoms with Gasteiger partial charge in [-0.3, -0.25) is 0 Å². The van der Waals surface area contributed by atoms with Crippen molar-refractivity contribution < 1.29 is 0 Å². The van der Waals surface area contributed by atoms with E-state index in [-0.39, 0.29) is 5.54 Å². The zero-order valence-corrected chi connectivity index (χ0v) is 4.65. The Morgan fingerprint density at radius 1 is 1.71 bits per heavy atom. The summed E-state index contributed by atoms with van der Waals surface area (Å²) in [7, 11) is 1.85. The van der Waals surface area contributed by atoms with E-state index in [2.05, 4.69) is 5.32 Å². The first-order chi connectivity index (χ1) is 3.33. The van der Waals surface area contributed by atoms with Crippen molar-refractivity contribution in [3.8, 4) is 0 Å². The molecule has 1 saturated carbocycles. The molecular weight excluding hydrogens is 88.1 g/mol. The Labute approximate surface area is 44.1 Å². The van der Waals surface area contributed by atoms with Crippen LogP contribution in [0.25, 0.3) is 0 Å². The van der Waals surface area contributed by atoms with Crippen LogP contribution in [0.1, 0.15) is 12.8 Å². The molecule has 0 amide bonds. The van der Waals surface area contributed by atoms with Crippen LogP contribution in [0.2, 0.25) is 0 Å². The summed E-state index contributed by atoms with van der Waals surface area (Å²) in [6, 6.07) is 0. The van der Waals surface area contributed by atoms with Crippen LogP contribution in [-0.2, 0) is 0 Å². The predicted molar refractivity (Wildman–Crippen MR) is 29.1 cm³/mol. The molecule has 0 aromatic rings. The predicted octanol–water partition coefficient (Wildman–Crippen LogP) is -0.288. The SMILES string of the molecule is C[N]C1(CN)CC1. The zero-order chi connectivity index (χ0) is 5.33. The lowest BCUT2D eigenvalue weighted by Crippen LogP contribution is -2.30. The van der Waals surface area contributed by atoms with Gasteiger partial charge in [-0.15, -0.1) is 0 Å². The number of nitrogens with zero attached hydrogens (tertiary/aromatic N) is 1. The lowest BCUT2D eigenvalue weighted by Gasteiger charge is -2.05. The monoisotopic (exact) mass is 99.1 g/mol. The van der Waals surface area contributed by atoms with Gasteiger partial charge < -0.3 is 5.73 Å². The largest absolute Gasteiger partial charge is 0.329 e. The summed E-state index contributed by atoms with van der Waals surface area (Å²) in [6.07, 6.45) is 2.42. The summed E-state index contributed by atoms with van der Waals surface area (Å²) in [6.45, 7) is 0.740. The second-order valence-corrected chi connectivity index (χ2v) is 2.15. The van der Waals surface area contributed by atoms with E-state index in [9.17, 15) is 0 Å². The number of hydrogen-bond donors (Lipinski definition) is 1. The van der Waals surface area contributed by atoms with Gasteiger partial charge >= 0.3 is 0 Å². The highest BCUT2D eigenvalue weighted by molar-refractivity contribution is 5.01. The third-order valence-electron chi connectivity index (χ3n) is 1.68. The van der Waals surface area contributed by atoms with Gasteiger partial charge in [0, 0.05) is 19.1 Å². The van der Waals surface area contributed by atoms with Crippen molar-refractivity contribution in [3.05, 3.63) is 0 Å². The number of hydrogen-bond acceptors (Lipinski definition) is 1. The smallest absolute Gasteiger partial charge is 0.0476 e. The average molecular weight is 99.2 g/mol. The normalized spacial score (nSPS) is 24.9. The molecule has 0 aromatic heterocycles. The fraction of sp³-hybridized carbons (Fsp3) is 1.00. The topological polar surface area (TPSA) is 40.1 Å². The minimum Gasteiger partial charge on any atom is -0.329 e. The van der Waals surface area contributed by atoms with Gasteiger partial charge in [0.05, 0.1) is 0 Å². The first-order valence-electron chi connectivity index (χ1n) is 2.64. The van der Waals surface area contributed by atoms with Gasteiger partial charge in [-0.25, -0.2) is 5.32 Å². The Morgan fingerprint density at radius 3 is 2.29 bits per heavy atom. The second kappa shape index (κ2) is 1.46. The van der Waals surface area contributed by atoms with Crippen molar-refractivity contribution in [2.75, 3.05) is 13.6 Å². The highest BCUT2D eigenvalue weighted by atomic mass is 15.0. The van der Waals surface area contributed by atoms with E-state index in [1.807, 2.05) is 7.05 Å². The van der Waals surface area contributed by atoms with Crippen LogP contribution in [-0.4, -0.2) is 19.1 Å². The van der Waals surface area contributed by atoms with Crippen molar-refractivity contribution >= 4 is 0 Å². The van der Waals surface area contributed by atoms with Crippen LogP contribution in [0.15, 0.2) is 0 Å². The molecule has 1 radical (unpaired) electrons. The van der Waals surface area contributed by atoms with Crippen LogP contribution in [0.3, 0.4) is 0 Å². The molecule has 0 atom stereocenters. The Kier molecular flexibility index (Phi) is 1.05. The van der Waals surface area contributed by atoms with Crippen LogP contribution >= 0.6 is 0 Å². The van der Waals surface area contributed by atoms with Crippen molar-refractivity contribution in [3.63, 3.8) is 0 Å². The minimum atomic E-state index is 0.236. The van der Waals surface area contributed by atoms with Crippen LogP contribution in [0, 0.1) is 0 Å². The van der Waals surface area contributed by atoms with E-state index < -0.39 is 0 Å². The summed E-state index contributed by atoms with van der Waals surface area (Å²) in [5.74, 6) is 0. The van der Waals surface area contributed by atoms with Gasteiger partial charge in [-0.1, -0.05) is 0 Å². The lowest BCUT2D eigenvalue weighted by atomic mass is 10.3. The molecule has 0 unspecified atom stereocenters. The molecule has 1 fully saturated rings. The van der Waals surface area contributed by atoms with Crippen LogP contribution < -0.4 is 11.1 Å². The molecule has 1 aliphatic carbocycles. The third kappa shape index (κ3) is 0.763. The number of rotatable bonds is 2. The third-order valence-corrected chi connectivity index (χ3v) is 1.68. The Morgan fingerprint density at radius 2 is 2.29 bits per heavy atom. The summed E-state index contributed by atoms with van der Waals surface area (Å²) < 4.78 is 0. The Balaban J connectivity index is 2.28.